The van der Waals surface area contributed by atoms with Crippen LogP contribution < -0.4 is 10.4 Å². The van der Waals surface area contributed by atoms with E-state index >= 15 is 0 Å². The predicted octanol–water partition coefficient (Wildman–Crippen LogP) is 2.98. The minimum Gasteiger partial charge on any atom is -0.496 e. The standard InChI is InChI=1S/C14H16O3/c1-5-10-6-11-8(2)9(3)14(15)17-13(11)7-12(10)16-4/h6-7H,5H2,1-4H3. The third-order valence-electron chi connectivity index (χ3n) is 3.24. The average Bonchev–Trinajstić information content (AvgIpc) is 2.34. The molecule has 2 aromatic rings. The lowest BCUT2D eigenvalue weighted by atomic mass is 10.0. The molecule has 3 nitrogen and oxygen atoms in total. The molecule has 0 aliphatic carbocycles. The molecule has 1 heterocycles. The van der Waals surface area contributed by atoms with Crippen molar-refractivity contribution in [3.8, 4) is 5.75 Å². The van der Waals surface area contributed by atoms with Crippen LogP contribution in [0.4, 0.5) is 0 Å². The Hall–Kier alpha value is -1.77. The molecule has 0 spiro atoms. The van der Waals surface area contributed by atoms with Crippen LogP contribution in [0.25, 0.3) is 11.0 Å². The Labute approximate surface area is 100 Å². The molecule has 90 valence electrons. The second-order valence-corrected chi connectivity index (χ2v) is 4.15. The first-order valence-corrected chi connectivity index (χ1v) is 5.69. The minimum absolute atomic E-state index is 0.277. The van der Waals surface area contributed by atoms with Crippen LogP contribution in [-0.2, 0) is 6.42 Å². The van der Waals surface area contributed by atoms with Crippen molar-refractivity contribution in [1.82, 2.24) is 0 Å². The molecule has 0 saturated heterocycles. The second-order valence-electron chi connectivity index (χ2n) is 4.15. The first kappa shape index (κ1) is 11.7. The van der Waals surface area contributed by atoms with Gasteiger partial charge in [0.25, 0.3) is 0 Å². The molecule has 0 fully saturated rings. The molecule has 17 heavy (non-hydrogen) atoms. The number of rotatable bonds is 2. The summed E-state index contributed by atoms with van der Waals surface area (Å²) in [6.45, 7) is 5.81. The Morgan fingerprint density at radius 1 is 1.24 bits per heavy atom. The molecule has 0 unspecified atom stereocenters. The Morgan fingerprint density at radius 3 is 2.53 bits per heavy atom. The van der Waals surface area contributed by atoms with E-state index in [2.05, 4.69) is 6.92 Å². The lowest BCUT2D eigenvalue weighted by molar-refractivity contribution is 0.409. The van der Waals surface area contributed by atoms with Crippen molar-refractivity contribution in [3.05, 3.63) is 39.2 Å². The van der Waals surface area contributed by atoms with Gasteiger partial charge >= 0.3 is 5.63 Å². The van der Waals surface area contributed by atoms with E-state index in [0.717, 1.165) is 28.7 Å². The van der Waals surface area contributed by atoms with Crippen LogP contribution in [0.1, 0.15) is 23.6 Å². The Bertz CT molecular complexity index is 623. The summed E-state index contributed by atoms with van der Waals surface area (Å²) in [4.78, 5) is 11.6. The maximum absolute atomic E-state index is 11.6. The smallest absolute Gasteiger partial charge is 0.339 e. The lowest BCUT2D eigenvalue weighted by Crippen LogP contribution is -2.06. The van der Waals surface area contributed by atoms with E-state index in [0.29, 0.717) is 11.1 Å². The maximum Gasteiger partial charge on any atom is 0.339 e. The van der Waals surface area contributed by atoms with Crippen molar-refractivity contribution in [2.24, 2.45) is 0 Å². The molecular weight excluding hydrogens is 216 g/mol. The maximum atomic E-state index is 11.6. The fourth-order valence-electron chi connectivity index (χ4n) is 1.98. The van der Waals surface area contributed by atoms with Crippen LogP contribution >= 0.6 is 0 Å². The van der Waals surface area contributed by atoms with E-state index < -0.39 is 0 Å². The van der Waals surface area contributed by atoms with Gasteiger partial charge in [0, 0.05) is 17.0 Å². The number of methoxy groups -OCH3 is 1. The first-order valence-electron chi connectivity index (χ1n) is 5.69. The summed E-state index contributed by atoms with van der Waals surface area (Å²) < 4.78 is 10.6. The molecule has 1 aromatic carbocycles. The van der Waals surface area contributed by atoms with Crippen molar-refractivity contribution >= 4 is 11.0 Å². The SMILES string of the molecule is CCc1cc2c(C)c(C)c(=O)oc2cc1OC. The summed E-state index contributed by atoms with van der Waals surface area (Å²) in [6, 6.07) is 3.83. The van der Waals surface area contributed by atoms with E-state index in [1.54, 1.807) is 20.1 Å². The highest BCUT2D eigenvalue weighted by Gasteiger charge is 2.11. The van der Waals surface area contributed by atoms with Crippen molar-refractivity contribution in [2.75, 3.05) is 7.11 Å². The van der Waals surface area contributed by atoms with Crippen LogP contribution in [0.15, 0.2) is 21.3 Å². The van der Waals surface area contributed by atoms with Gasteiger partial charge in [-0.1, -0.05) is 6.92 Å². The van der Waals surface area contributed by atoms with E-state index in [1.165, 1.54) is 0 Å². The molecular formula is C14H16O3. The molecule has 0 amide bonds. The summed E-state index contributed by atoms with van der Waals surface area (Å²) in [6.07, 6.45) is 0.886. The number of benzene rings is 1. The van der Waals surface area contributed by atoms with Gasteiger partial charge in [-0.15, -0.1) is 0 Å². The van der Waals surface area contributed by atoms with Crippen molar-refractivity contribution in [3.63, 3.8) is 0 Å². The Balaban J connectivity index is 2.88. The topological polar surface area (TPSA) is 39.4 Å². The van der Waals surface area contributed by atoms with Crippen LogP contribution in [0, 0.1) is 13.8 Å². The Kier molecular flexibility index (Phi) is 2.92. The monoisotopic (exact) mass is 232 g/mol. The fourth-order valence-corrected chi connectivity index (χ4v) is 1.98. The summed E-state index contributed by atoms with van der Waals surface area (Å²) in [5.74, 6) is 0.770. The highest BCUT2D eigenvalue weighted by atomic mass is 16.5. The van der Waals surface area contributed by atoms with Gasteiger partial charge in [-0.2, -0.15) is 0 Å². The largest absolute Gasteiger partial charge is 0.496 e. The third-order valence-corrected chi connectivity index (χ3v) is 3.24. The number of fused-ring (bicyclic) bond motifs is 1. The quantitative estimate of drug-likeness (QED) is 0.747. The molecule has 0 N–H and O–H groups in total. The second kappa shape index (κ2) is 4.24. The van der Waals surface area contributed by atoms with Gasteiger partial charge in [0.15, 0.2) is 0 Å². The molecule has 2 rings (SSSR count). The number of ether oxygens (including phenoxy) is 1. The lowest BCUT2D eigenvalue weighted by Gasteiger charge is -2.10. The molecule has 0 saturated carbocycles. The highest BCUT2D eigenvalue weighted by molar-refractivity contribution is 5.83. The molecule has 0 aliphatic heterocycles. The van der Waals surface area contributed by atoms with Gasteiger partial charge in [-0.05, 0) is 37.5 Å². The normalized spacial score (nSPS) is 10.8. The summed E-state index contributed by atoms with van der Waals surface area (Å²) in [5.41, 5.74) is 3.09. The van der Waals surface area contributed by atoms with Crippen molar-refractivity contribution in [1.29, 1.82) is 0 Å². The van der Waals surface area contributed by atoms with Crippen LogP contribution in [0.2, 0.25) is 0 Å². The summed E-state index contributed by atoms with van der Waals surface area (Å²) in [7, 11) is 1.62. The van der Waals surface area contributed by atoms with Crippen molar-refractivity contribution < 1.29 is 9.15 Å². The van der Waals surface area contributed by atoms with E-state index in [1.807, 2.05) is 13.0 Å². The minimum atomic E-state index is -0.277. The molecule has 0 atom stereocenters. The van der Waals surface area contributed by atoms with E-state index in [-0.39, 0.29) is 5.63 Å². The fraction of sp³-hybridized carbons (Fsp3) is 0.357. The zero-order chi connectivity index (χ0) is 12.6. The zero-order valence-corrected chi connectivity index (χ0v) is 10.6. The van der Waals surface area contributed by atoms with Gasteiger partial charge in [0.05, 0.1) is 7.11 Å². The van der Waals surface area contributed by atoms with Gasteiger partial charge in [-0.3, -0.25) is 0 Å². The summed E-state index contributed by atoms with van der Waals surface area (Å²) >= 11 is 0. The van der Waals surface area contributed by atoms with Gasteiger partial charge in [0.1, 0.15) is 11.3 Å². The summed E-state index contributed by atoms with van der Waals surface area (Å²) in [5, 5.41) is 0.986. The van der Waals surface area contributed by atoms with Crippen LogP contribution in [0.5, 0.6) is 5.75 Å². The van der Waals surface area contributed by atoms with Gasteiger partial charge in [-0.25, -0.2) is 4.79 Å². The van der Waals surface area contributed by atoms with Gasteiger partial charge in [0.2, 0.25) is 0 Å². The zero-order valence-electron chi connectivity index (χ0n) is 10.6. The first-order chi connectivity index (χ1) is 8.08. The average molecular weight is 232 g/mol. The number of aryl methyl sites for hydroxylation is 2. The van der Waals surface area contributed by atoms with Crippen molar-refractivity contribution in [2.45, 2.75) is 27.2 Å². The molecule has 0 radical (unpaired) electrons. The molecule has 0 bridgehead atoms. The molecule has 0 aliphatic rings. The van der Waals surface area contributed by atoms with E-state index in [9.17, 15) is 4.79 Å². The highest BCUT2D eigenvalue weighted by Crippen LogP contribution is 2.28. The Morgan fingerprint density at radius 2 is 1.94 bits per heavy atom. The molecule has 3 heteroatoms. The number of hydrogen-bond donors (Lipinski definition) is 0. The third kappa shape index (κ3) is 1.82. The number of hydrogen-bond acceptors (Lipinski definition) is 3. The van der Waals surface area contributed by atoms with Gasteiger partial charge < -0.3 is 9.15 Å². The molecule has 1 aromatic heterocycles. The van der Waals surface area contributed by atoms with E-state index in [4.69, 9.17) is 9.15 Å². The van der Waals surface area contributed by atoms with Crippen LogP contribution in [-0.4, -0.2) is 7.11 Å². The predicted molar refractivity (Wildman–Crippen MR) is 67.9 cm³/mol. The van der Waals surface area contributed by atoms with Crippen LogP contribution in [0.3, 0.4) is 0 Å².